The molecule has 0 unspecified atom stereocenters. The van der Waals surface area contributed by atoms with Gasteiger partial charge in [0.2, 0.25) is 0 Å². The van der Waals surface area contributed by atoms with Crippen molar-refractivity contribution >= 4 is 17.3 Å². The summed E-state index contributed by atoms with van der Waals surface area (Å²) in [6.07, 6.45) is 0. The maximum atomic E-state index is 13.1. The van der Waals surface area contributed by atoms with E-state index >= 15 is 0 Å². The zero-order valence-electron chi connectivity index (χ0n) is 9.82. The number of nitrogens with one attached hydrogen (secondary N) is 1. The van der Waals surface area contributed by atoms with E-state index in [1.807, 2.05) is 6.07 Å². The Hall–Kier alpha value is -2.25. The molecule has 2 aromatic carbocycles. The lowest BCUT2D eigenvalue weighted by atomic mass is 10.2. The van der Waals surface area contributed by atoms with E-state index in [2.05, 4.69) is 5.32 Å². The molecule has 0 saturated carbocycles. The average Bonchev–Trinajstić information content (AvgIpc) is 2.41. The third-order valence-corrected chi connectivity index (χ3v) is 2.91. The number of hydrogen-bond acceptors (Lipinski definition) is 3. The highest BCUT2D eigenvalue weighted by atomic mass is 35.5. The van der Waals surface area contributed by atoms with Gasteiger partial charge in [0, 0.05) is 6.54 Å². The molecule has 0 bridgehead atoms. The number of aromatic hydroxyl groups is 1. The van der Waals surface area contributed by atoms with E-state index in [9.17, 15) is 4.39 Å². The van der Waals surface area contributed by atoms with Crippen LogP contribution in [-0.2, 0) is 6.54 Å². The highest BCUT2D eigenvalue weighted by molar-refractivity contribution is 6.33. The monoisotopic (exact) mass is 276 g/mol. The molecule has 0 heterocycles. The van der Waals surface area contributed by atoms with E-state index in [1.165, 1.54) is 12.1 Å². The molecule has 96 valence electrons. The van der Waals surface area contributed by atoms with Gasteiger partial charge < -0.3 is 10.4 Å². The molecule has 0 amide bonds. The van der Waals surface area contributed by atoms with E-state index in [-0.39, 0.29) is 5.75 Å². The average molecular weight is 277 g/mol. The fourth-order valence-electron chi connectivity index (χ4n) is 1.59. The molecule has 0 saturated heterocycles. The molecule has 0 radical (unpaired) electrons. The van der Waals surface area contributed by atoms with Crippen molar-refractivity contribution in [3.05, 3.63) is 58.4 Å². The Kier molecular flexibility index (Phi) is 3.88. The molecular formula is C14H10ClFN2O. The van der Waals surface area contributed by atoms with Crippen molar-refractivity contribution in [3.63, 3.8) is 0 Å². The number of benzene rings is 2. The van der Waals surface area contributed by atoms with Crippen molar-refractivity contribution < 1.29 is 9.50 Å². The van der Waals surface area contributed by atoms with Crippen molar-refractivity contribution in [1.29, 1.82) is 5.26 Å². The molecule has 5 heteroatoms. The highest BCUT2D eigenvalue weighted by Gasteiger charge is 2.04. The maximum Gasteiger partial charge on any atom is 0.165 e. The SMILES string of the molecule is N#Cc1ccc(NCc2ccc(O)c(F)c2)c(Cl)c1. The molecule has 0 aliphatic heterocycles. The van der Waals surface area contributed by atoms with Crippen LogP contribution in [0.3, 0.4) is 0 Å². The van der Waals surface area contributed by atoms with Crippen molar-refractivity contribution in [1.82, 2.24) is 0 Å². The fraction of sp³-hybridized carbons (Fsp3) is 0.0714. The third kappa shape index (κ3) is 3.15. The number of nitrogens with zero attached hydrogens (tertiary/aromatic N) is 1. The Morgan fingerprint density at radius 3 is 2.68 bits per heavy atom. The predicted octanol–water partition coefficient (Wildman–Crippen LogP) is 3.67. The van der Waals surface area contributed by atoms with Crippen LogP contribution in [0, 0.1) is 17.1 Å². The molecule has 0 aliphatic carbocycles. The Balaban J connectivity index is 2.10. The Morgan fingerprint density at radius 2 is 2.05 bits per heavy atom. The molecule has 2 rings (SSSR count). The van der Waals surface area contributed by atoms with Crippen LogP contribution in [0.5, 0.6) is 5.75 Å². The zero-order valence-corrected chi connectivity index (χ0v) is 10.6. The van der Waals surface area contributed by atoms with Gasteiger partial charge in [0.1, 0.15) is 0 Å². The summed E-state index contributed by atoms with van der Waals surface area (Å²) in [5.41, 5.74) is 1.82. The fourth-order valence-corrected chi connectivity index (χ4v) is 1.83. The highest BCUT2D eigenvalue weighted by Crippen LogP contribution is 2.24. The van der Waals surface area contributed by atoms with Gasteiger partial charge in [-0.2, -0.15) is 5.26 Å². The second-order valence-electron chi connectivity index (χ2n) is 3.95. The van der Waals surface area contributed by atoms with Gasteiger partial charge in [-0.05, 0) is 35.9 Å². The molecule has 2 aromatic rings. The van der Waals surface area contributed by atoms with Crippen LogP contribution >= 0.6 is 11.6 Å². The summed E-state index contributed by atoms with van der Waals surface area (Å²) in [6.45, 7) is 0.364. The van der Waals surface area contributed by atoms with Crippen LogP contribution in [0.25, 0.3) is 0 Å². The topological polar surface area (TPSA) is 56.0 Å². The Morgan fingerprint density at radius 1 is 1.26 bits per heavy atom. The smallest absolute Gasteiger partial charge is 0.165 e. The Bertz CT molecular complexity index is 652. The molecule has 0 atom stereocenters. The van der Waals surface area contributed by atoms with Crippen molar-refractivity contribution in [3.8, 4) is 11.8 Å². The van der Waals surface area contributed by atoms with Crippen LogP contribution in [0.2, 0.25) is 5.02 Å². The van der Waals surface area contributed by atoms with Gasteiger partial charge in [-0.3, -0.25) is 0 Å². The second kappa shape index (κ2) is 5.59. The number of anilines is 1. The lowest BCUT2D eigenvalue weighted by Gasteiger charge is -2.09. The van der Waals surface area contributed by atoms with E-state index in [0.717, 1.165) is 0 Å². The van der Waals surface area contributed by atoms with Crippen LogP contribution < -0.4 is 5.32 Å². The lowest BCUT2D eigenvalue weighted by Crippen LogP contribution is -2.00. The number of halogens is 2. The van der Waals surface area contributed by atoms with Gasteiger partial charge in [0.25, 0.3) is 0 Å². The zero-order chi connectivity index (χ0) is 13.8. The summed E-state index contributed by atoms with van der Waals surface area (Å²) in [6, 6.07) is 11.0. The molecule has 0 fully saturated rings. The van der Waals surface area contributed by atoms with Gasteiger partial charge in [0.15, 0.2) is 11.6 Å². The van der Waals surface area contributed by atoms with Crippen LogP contribution in [-0.4, -0.2) is 5.11 Å². The molecule has 0 spiro atoms. The summed E-state index contributed by atoms with van der Waals surface area (Å²) in [5.74, 6) is -1.04. The summed E-state index contributed by atoms with van der Waals surface area (Å²) >= 11 is 6.00. The lowest BCUT2D eigenvalue weighted by molar-refractivity contribution is 0.432. The first kappa shape index (κ1) is 13.2. The first-order valence-electron chi connectivity index (χ1n) is 5.51. The van der Waals surface area contributed by atoms with Crippen molar-refractivity contribution in [2.45, 2.75) is 6.54 Å². The largest absolute Gasteiger partial charge is 0.505 e. The van der Waals surface area contributed by atoms with E-state index in [0.29, 0.717) is 28.4 Å². The van der Waals surface area contributed by atoms with Gasteiger partial charge in [-0.15, -0.1) is 0 Å². The molecule has 3 nitrogen and oxygen atoms in total. The van der Waals surface area contributed by atoms with Crippen LogP contribution in [0.4, 0.5) is 10.1 Å². The third-order valence-electron chi connectivity index (χ3n) is 2.59. The van der Waals surface area contributed by atoms with Crippen LogP contribution in [0.15, 0.2) is 36.4 Å². The summed E-state index contributed by atoms with van der Waals surface area (Å²) in [4.78, 5) is 0. The Labute approximate surface area is 114 Å². The minimum absolute atomic E-state index is 0.364. The standard InChI is InChI=1S/C14H10ClFN2O/c15-11-5-9(7-17)1-3-13(11)18-8-10-2-4-14(19)12(16)6-10/h1-6,18-19H,8H2. The van der Waals surface area contributed by atoms with Gasteiger partial charge in [0.05, 0.1) is 22.3 Å². The molecule has 2 N–H and O–H groups in total. The number of phenolic OH excluding ortho intramolecular Hbond substituents is 1. The molecule has 0 aliphatic rings. The van der Waals surface area contributed by atoms with Crippen molar-refractivity contribution in [2.75, 3.05) is 5.32 Å². The molecular weight excluding hydrogens is 267 g/mol. The molecule has 0 aromatic heterocycles. The summed E-state index contributed by atoms with van der Waals surface area (Å²) < 4.78 is 13.1. The minimum Gasteiger partial charge on any atom is -0.505 e. The minimum atomic E-state index is -0.662. The van der Waals surface area contributed by atoms with E-state index in [4.69, 9.17) is 22.0 Å². The number of phenols is 1. The second-order valence-corrected chi connectivity index (χ2v) is 4.35. The number of rotatable bonds is 3. The number of hydrogen-bond donors (Lipinski definition) is 2. The maximum absolute atomic E-state index is 13.1. The summed E-state index contributed by atoms with van der Waals surface area (Å²) in [7, 11) is 0. The van der Waals surface area contributed by atoms with Gasteiger partial charge in [-0.25, -0.2) is 4.39 Å². The first-order valence-corrected chi connectivity index (χ1v) is 5.89. The molecule has 19 heavy (non-hydrogen) atoms. The van der Waals surface area contributed by atoms with E-state index in [1.54, 1.807) is 24.3 Å². The predicted molar refractivity (Wildman–Crippen MR) is 71.6 cm³/mol. The van der Waals surface area contributed by atoms with E-state index < -0.39 is 5.82 Å². The van der Waals surface area contributed by atoms with Gasteiger partial charge in [-0.1, -0.05) is 17.7 Å². The van der Waals surface area contributed by atoms with Gasteiger partial charge >= 0.3 is 0 Å². The normalized spacial score (nSPS) is 9.95. The summed E-state index contributed by atoms with van der Waals surface area (Å²) in [5, 5.41) is 21.3. The van der Waals surface area contributed by atoms with Crippen LogP contribution in [0.1, 0.15) is 11.1 Å². The quantitative estimate of drug-likeness (QED) is 0.899. The number of nitriles is 1. The van der Waals surface area contributed by atoms with Crippen molar-refractivity contribution in [2.24, 2.45) is 0 Å². The first-order chi connectivity index (χ1) is 9.10.